The molecule has 1 fully saturated rings. The van der Waals surface area contributed by atoms with Crippen molar-refractivity contribution in [2.75, 3.05) is 32.7 Å². The number of benzene rings is 1. The van der Waals surface area contributed by atoms with Crippen LogP contribution in [0.5, 0.6) is 0 Å². The highest BCUT2D eigenvalue weighted by Crippen LogP contribution is 2.20. The molecule has 0 bridgehead atoms. The summed E-state index contributed by atoms with van der Waals surface area (Å²) in [5.74, 6) is 0.561. The van der Waals surface area contributed by atoms with Crippen LogP contribution in [-0.2, 0) is 13.5 Å². The average molecular weight is 396 g/mol. The van der Waals surface area contributed by atoms with Crippen LogP contribution < -0.4 is 5.56 Å². The Bertz CT molecular complexity index is 882. The van der Waals surface area contributed by atoms with Gasteiger partial charge in [-0.05, 0) is 69.3 Å². The first-order valence-corrected chi connectivity index (χ1v) is 10.7. The molecular formula is C24H33N3O2. The SMILES string of the molecule is CCN(CC1CCN(CCc2ccccc2C)CC1)C(=O)c1ccc(=O)n(C)c1. The summed E-state index contributed by atoms with van der Waals surface area (Å²) in [5, 5.41) is 0. The van der Waals surface area contributed by atoms with Gasteiger partial charge in [0.25, 0.3) is 5.91 Å². The van der Waals surface area contributed by atoms with Crippen LogP contribution in [0.4, 0.5) is 0 Å². The number of aryl methyl sites for hydroxylation is 2. The van der Waals surface area contributed by atoms with E-state index < -0.39 is 0 Å². The molecule has 1 aliphatic heterocycles. The molecule has 5 heteroatoms. The van der Waals surface area contributed by atoms with Gasteiger partial charge in [-0.25, -0.2) is 0 Å². The maximum absolute atomic E-state index is 12.9. The quantitative estimate of drug-likeness (QED) is 0.724. The van der Waals surface area contributed by atoms with Crippen molar-refractivity contribution in [3.05, 3.63) is 69.6 Å². The lowest BCUT2D eigenvalue weighted by atomic mass is 9.95. The van der Waals surface area contributed by atoms with Crippen LogP contribution in [0.15, 0.2) is 47.4 Å². The molecule has 0 N–H and O–H groups in total. The number of rotatable bonds is 7. The molecule has 0 saturated carbocycles. The molecule has 0 unspecified atom stereocenters. The fourth-order valence-electron chi connectivity index (χ4n) is 4.13. The lowest BCUT2D eigenvalue weighted by Crippen LogP contribution is -2.41. The van der Waals surface area contributed by atoms with Crippen molar-refractivity contribution in [2.45, 2.75) is 33.1 Å². The van der Waals surface area contributed by atoms with E-state index in [9.17, 15) is 9.59 Å². The van der Waals surface area contributed by atoms with Gasteiger partial charge in [-0.2, -0.15) is 0 Å². The summed E-state index contributed by atoms with van der Waals surface area (Å²) in [7, 11) is 1.68. The normalized spacial score (nSPS) is 15.4. The summed E-state index contributed by atoms with van der Waals surface area (Å²) in [6.07, 6.45) is 5.00. The number of piperidine rings is 1. The maximum atomic E-state index is 12.9. The monoisotopic (exact) mass is 395 g/mol. The number of pyridine rings is 1. The Morgan fingerprint density at radius 1 is 1.14 bits per heavy atom. The van der Waals surface area contributed by atoms with Crippen molar-refractivity contribution in [1.29, 1.82) is 0 Å². The first-order valence-electron chi connectivity index (χ1n) is 10.7. The van der Waals surface area contributed by atoms with E-state index in [2.05, 4.69) is 36.1 Å². The van der Waals surface area contributed by atoms with Gasteiger partial charge < -0.3 is 14.4 Å². The third-order valence-corrected chi connectivity index (χ3v) is 6.15. The zero-order valence-electron chi connectivity index (χ0n) is 17.9. The number of hydrogen-bond donors (Lipinski definition) is 0. The zero-order chi connectivity index (χ0) is 20.8. The number of amides is 1. The second-order valence-corrected chi connectivity index (χ2v) is 8.17. The summed E-state index contributed by atoms with van der Waals surface area (Å²) in [6.45, 7) is 9.00. The second kappa shape index (κ2) is 9.88. The minimum Gasteiger partial charge on any atom is -0.339 e. The Morgan fingerprint density at radius 2 is 1.86 bits per heavy atom. The van der Waals surface area contributed by atoms with Gasteiger partial charge in [0.2, 0.25) is 5.56 Å². The third-order valence-electron chi connectivity index (χ3n) is 6.15. The highest BCUT2D eigenvalue weighted by molar-refractivity contribution is 5.93. The van der Waals surface area contributed by atoms with Crippen molar-refractivity contribution in [1.82, 2.24) is 14.4 Å². The van der Waals surface area contributed by atoms with Crippen molar-refractivity contribution in [3.8, 4) is 0 Å². The van der Waals surface area contributed by atoms with E-state index in [-0.39, 0.29) is 11.5 Å². The van der Waals surface area contributed by atoms with E-state index in [1.165, 1.54) is 21.8 Å². The van der Waals surface area contributed by atoms with Crippen LogP contribution in [0.3, 0.4) is 0 Å². The molecule has 1 amide bonds. The van der Waals surface area contributed by atoms with E-state index in [0.717, 1.165) is 45.4 Å². The van der Waals surface area contributed by atoms with Crippen LogP contribution in [0, 0.1) is 12.8 Å². The van der Waals surface area contributed by atoms with Gasteiger partial charge in [0.1, 0.15) is 0 Å². The van der Waals surface area contributed by atoms with Crippen LogP contribution >= 0.6 is 0 Å². The van der Waals surface area contributed by atoms with Crippen molar-refractivity contribution >= 4 is 5.91 Å². The molecule has 1 saturated heterocycles. The Kier molecular flexibility index (Phi) is 7.26. The van der Waals surface area contributed by atoms with Crippen LogP contribution in [0.1, 0.15) is 41.3 Å². The highest BCUT2D eigenvalue weighted by atomic mass is 16.2. The van der Waals surface area contributed by atoms with Gasteiger partial charge in [0, 0.05) is 38.9 Å². The van der Waals surface area contributed by atoms with Crippen LogP contribution in [-0.4, -0.2) is 53.0 Å². The summed E-state index contributed by atoms with van der Waals surface area (Å²) in [5.41, 5.74) is 3.31. The number of carbonyl (C=O) groups excluding carboxylic acids is 1. The molecule has 29 heavy (non-hydrogen) atoms. The molecule has 156 valence electrons. The fourth-order valence-corrected chi connectivity index (χ4v) is 4.13. The first kappa shape index (κ1) is 21.3. The Morgan fingerprint density at radius 3 is 2.52 bits per heavy atom. The van der Waals surface area contributed by atoms with Crippen molar-refractivity contribution in [2.24, 2.45) is 13.0 Å². The fraction of sp³-hybridized carbons (Fsp3) is 0.500. The molecular weight excluding hydrogens is 362 g/mol. The Balaban J connectivity index is 1.49. The zero-order valence-corrected chi connectivity index (χ0v) is 17.9. The van der Waals surface area contributed by atoms with Crippen LogP contribution in [0.2, 0.25) is 0 Å². The third kappa shape index (κ3) is 5.57. The van der Waals surface area contributed by atoms with E-state index in [4.69, 9.17) is 0 Å². The molecule has 1 aromatic carbocycles. The summed E-state index contributed by atoms with van der Waals surface area (Å²) < 4.78 is 1.47. The number of aromatic nitrogens is 1. The van der Waals surface area contributed by atoms with Crippen molar-refractivity contribution < 1.29 is 4.79 Å². The summed E-state index contributed by atoms with van der Waals surface area (Å²) >= 11 is 0. The summed E-state index contributed by atoms with van der Waals surface area (Å²) in [4.78, 5) is 28.9. The molecule has 1 aliphatic rings. The standard InChI is InChI=1S/C24H33N3O2/c1-4-27(24(29)22-9-10-23(28)25(3)18-22)17-20-11-14-26(15-12-20)16-13-21-8-6-5-7-19(21)2/h5-10,18,20H,4,11-17H2,1-3H3. The first-order chi connectivity index (χ1) is 14.0. The Labute approximate surface area is 173 Å². The van der Waals surface area contributed by atoms with Gasteiger partial charge in [0.15, 0.2) is 0 Å². The number of nitrogens with zero attached hydrogens (tertiary/aromatic N) is 3. The minimum atomic E-state index is -0.0948. The molecule has 3 rings (SSSR count). The number of hydrogen-bond acceptors (Lipinski definition) is 3. The second-order valence-electron chi connectivity index (χ2n) is 8.17. The van der Waals surface area contributed by atoms with E-state index in [1.807, 2.05) is 11.8 Å². The lowest BCUT2D eigenvalue weighted by Gasteiger charge is -2.34. The van der Waals surface area contributed by atoms with Gasteiger partial charge >= 0.3 is 0 Å². The molecule has 5 nitrogen and oxygen atoms in total. The van der Waals surface area contributed by atoms with Crippen molar-refractivity contribution in [3.63, 3.8) is 0 Å². The average Bonchev–Trinajstić information content (AvgIpc) is 2.74. The largest absolute Gasteiger partial charge is 0.339 e. The predicted octanol–water partition coefficient (Wildman–Crippen LogP) is 3.11. The molecule has 0 atom stereocenters. The van der Waals surface area contributed by atoms with Gasteiger partial charge in [0.05, 0.1) is 5.56 Å². The van der Waals surface area contributed by atoms with E-state index in [1.54, 1.807) is 19.3 Å². The number of carbonyl (C=O) groups is 1. The number of likely N-dealkylation sites (tertiary alicyclic amines) is 1. The van der Waals surface area contributed by atoms with E-state index in [0.29, 0.717) is 18.0 Å². The minimum absolute atomic E-state index is 0.0186. The Hall–Kier alpha value is -2.40. The van der Waals surface area contributed by atoms with E-state index >= 15 is 0 Å². The van der Waals surface area contributed by atoms with Gasteiger partial charge in [-0.3, -0.25) is 9.59 Å². The highest BCUT2D eigenvalue weighted by Gasteiger charge is 2.23. The summed E-state index contributed by atoms with van der Waals surface area (Å²) in [6, 6.07) is 11.7. The molecule has 0 aliphatic carbocycles. The van der Waals surface area contributed by atoms with Crippen LogP contribution in [0.25, 0.3) is 0 Å². The topological polar surface area (TPSA) is 45.6 Å². The molecule has 1 aromatic heterocycles. The molecule has 2 aromatic rings. The molecule has 0 spiro atoms. The smallest absolute Gasteiger partial charge is 0.255 e. The predicted molar refractivity (Wildman–Crippen MR) is 117 cm³/mol. The molecule has 2 heterocycles. The maximum Gasteiger partial charge on any atom is 0.255 e. The molecule has 0 radical (unpaired) electrons. The van der Waals surface area contributed by atoms with Gasteiger partial charge in [-0.1, -0.05) is 24.3 Å². The van der Waals surface area contributed by atoms with Gasteiger partial charge in [-0.15, -0.1) is 0 Å². The lowest BCUT2D eigenvalue weighted by molar-refractivity contribution is 0.0700.